The molecule has 0 aromatic heterocycles. The third-order valence-corrected chi connectivity index (χ3v) is 3.96. The van der Waals surface area contributed by atoms with Crippen LogP contribution in [0.2, 0.25) is 0 Å². The fraction of sp³-hybridized carbons (Fsp3) is 0.188. The Morgan fingerprint density at radius 2 is 1.92 bits per heavy atom. The SMILES string of the molecule is CN1C(=O)Cc2cc(Nc3ccc(C(F)(F)F)cc3[N+](=O)[O-])ccc21. The van der Waals surface area contributed by atoms with Crippen LogP contribution in [-0.4, -0.2) is 17.9 Å². The average molecular weight is 351 g/mol. The second-order valence-corrected chi connectivity index (χ2v) is 5.58. The second kappa shape index (κ2) is 5.76. The topological polar surface area (TPSA) is 75.5 Å². The number of carbonyl (C=O) groups excluding carboxylic acids is 1. The number of halogens is 3. The second-order valence-electron chi connectivity index (χ2n) is 5.58. The van der Waals surface area contributed by atoms with Gasteiger partial charge in [-0.1, -0.05) is 0 Å². The number of nitrogens with zero attached hydrogens (tertiary/aromatic N) is 2. The number of amides is 1. The third-order valence-electron chi connectivity index (χ3n) is 3.96. The van der Waals surface area contributed by atoms with Crippen molar-refractivity contribution in [2.75, 3.05) is 17.3 Å². The molecule has 0 bridgehead atoms. The summed E-state index contributed by atoms with van der Waals surface area (Å²) < 4.78 is 38.2. The van der Waals surface area contributed by atoms with E-state index in [-0.39, 0.29) is 18.0 Å². The van der Waals surface area contributed by atoms with Crippen molar-refractivity contribution >= 4 is 28.7 Å². The fourth-order valence-corrected chi connectivity index (χ4v) is 2.67. The van der Waals surface area contributed by atoms with Gasteiger partial charge in [-0.25, -0.2) is 0 Å². The van der Waals surface area contributed by atoms with Gasteiger partial charge >= 0.3 is 6.18 Å². The molecule has 0 saturated heterocycles. The van der Waals surface area contributed by atoms with Gasteiger partial charge in [-0.2, -0.15) is 13.2 Å². The van der Waals surface area contributed by atoms with Crippen LogP contribution in [0.5, 0.6) is 0 Å². The molecule has 0 aliphatic carbocycles. The van der Waals surface area contributed by atoms with Crippen LogP contribution in [0.3, 0.4) is 0 Å². The molecule has 0 unspecified atom stereocenters. The zero-order chi connectivity index (χ0) is 18.4. The lowest BCUT2D eigenvalue weighted by Crippen LogP contribution is -2.20. The standard InChI is InChI=1S/C16H12F3N3O3/c1-21-13-5-3-11(6-9(13)7-15(21)23)20-12-4-2-10(16(17,18)19)8-14(12)22(24)25/h2-6,8,20H,7H2,1H3. The first-order valence-electron chi connectivity index (χ1n) is 7.19. The molecule has 6 nitrogen and oxygen atoms in total. The number of fused-ring (bicyclic) bond motifs is 1. The van der Waals surface area contributed by atoms with Crippen molar-refractivity contribution in [3.8, 4) is 0 Å². The molecular weight excluding hydrogens is 339 g/mol. The summed E-state index contributed by atoms with van der Waals surface area (Å²) in [5, 5.41) is 13.9. The lowest BCUT2D eigenvalue weighted by molar-refractivity contribution is -0.384. The Kier molecular flexibility index (Phi) is 3.86. The van der Waals surface area contributed by atoms with E-state index in [1.165, 1.54) is 4.90 Å². The molecule has 0 atom stereocenters. The number of hydrogen-bond acceptors (Lipinski definition) is 4. The van der Waals surface area contributed by atoms with Crippen molar-refractivity contribution in [1.29, 1.82) is 0 Å². The molecule has 2 aromatic rings. The van der Waals surface area contributed by atoms with Gasteiger partial charge in [0.2, 0.25) is 5.91 Å². The summed E-state index contributed by atoms with van der Waals surface area (Å²) >= 11 is 0. The number of benzene rings is 2. The molecule has 0 radical (unpaired) electrons. The maximum atomic E-state index is 12.7. The number of alkyl halides is 3. The van der Waals surface area contributed by atoms with Gasteiger partial charge in [-0.15, -0.1) is 0 Å². The molecule has 9 heteroatoms. The number of hydrogen-bond donors (Lipinski definition) is 1. The predicted octanol–water partition coefficient (Wildman–Crippen LogP) is 3.88. The lowest BCUT2D eigenvalue weighted by Gasteiger charge is -2.13. The van der Waals surface area contributed by atoms with E-state index in [1.807, 2.05) is 0 Å². The summed E-state index contributed by atoms with van der Waals surface area (Å²) in [6, 6.07) is 7.23. The van der Waals surface area contributed by atoms with Gasteiger partial charge in [0.05, 0.1) is 16.9 Å². The molecule has 1 N–H and O–H groups in total. The van der Waals surface area contributed by atoms with Crippen LogP contribution >= 0.6 is 0 Å². The first-order valence-corrected chi connectivity index (χ1v) is 7.19. The van der Waals surface area contributed by atoms with E-state index >= 15 is 0 Å². The van der Waals surface area contributed by atoms with Crippen molar-refractivity contribution in [1.82, 2.24) is 0 Å². The highest BCUT2D eigenvalue weighted by molar-refractivity contribution is 6.01. The average Bonchev–Trinajstić information content (AvgIpc) is 2.80. The summed E-state index contributed by atoms with van der Waals surface area (Å²) in [6.45, 7) is 0. The van der Waals surface area contributed by atoms with E-state index in [0.29, 0.717) is 11.8 Å². The van der Waals surface area contributed by atoms with E-state index in [9.17, 15) is 28.1 Å². The maximum absolute atomic E-state index is 12.7. The Morgan fingerprint density at radius 3 is 2.56 bits per heavy atom. The van der Waals surface area contributed by atoms with Crippen LogP contribution < -0.4 is 10.2 Å². The number of carbonyl (C=O) groups is 1. The summed E-state index contributed by atoms with van der Waals surface area (Å²) in [7, 11) is 1.64. The van der Waals surface area contributed by atoms with Crippen LogP contribution in [0.25, 0.3) is 0 Å². The largest absolute Gasteiger partial charge is 0.416 e. The quantitative estimate of drug-likeness (QED) is 0.673. The monoisotopic (exact) mass is 351 g/mol. The minimum absolute atomic E-state index is 0.0596. The molecular formula is C16H12F3N3O3. The summed E-state index contributed by atoms with van der Waals surface area (Å²) in [6.07, 6.45) is -4.46. The van der Waals surface area contributed by atoms with Gasteiger partial charge < -0.3 is 10.2 Å². The lowest BCUT2D eigenvalue weighted by atomic mass is 10.1. The minimum Gasteiger partial charge on any atom is -0.350 e. The normalized spacial score (nSPS) is 13.8. The first kappa shape index (κ1) is 16.7. The van der Waals surface area contributed by atoms with E-state index in [4.69, 9.17) is 0 Å². The number of rotatable bonds is 3. The molecule has 0 fully saturated rings. The first-order chi connectivity index (χ1) is 11.7. The highest BCUT2D eigenvalue weighted by Crippen LogP contribution is 2.37. The third kappa shape index (κ3) is 3.12. The van der Waals surface area contributed by atoms with Crippen molar-refractivity contribution in [3.05, 3.63) is 57.6 Å². The number of nitro groups is 1. The summed E-state index contributed by atoms with van der Waals surface area (Å²) in [4.78, 5) is 23.4. The molecule has 3 rings (SSSR count). The molecule has 0 spiro atoms. The number of nitro benzene ring substituents is 1. The van der Waals surface area contributed by atoms with Crippen LogP contribution in [0.4, 0.5) is 35.9 Å². The van der Waals surface area contributed by atoms with Crippen molar-refractivity contribution in [2.24, 2.45) is 0 Å². The van der Waals surface area contributed by atoms with Gasteiger partial charge in [0.1, 0.15) is 5.69 Å². The van der Waals surface area contributed by atoms with Gasteiger partial charge in [0, 0.05) is 24.5 Å². The predicted molar refractivity (Wildman–Crippen MR) is 84.9 cm³/mol. The van der Waals surface area contributed by atoms with Crippen molar-refractivity contribution < 1.29 is 22.9 Å². The molecule has 1 heterocycles. The molecule has 25 heavy (non-hydrogen) atoms. The highest BCUT2D eigenvalue weighted by Gasteiger charge is 2.33. The fourth-order valence-electron chi connectivity index (χ4n) is 2.67. The minimum atomic E-state index is -4.66. The van der Waals surface area contributed by atoms with Crippen molar-refractivity contribution in [3.63, 3.8) is 0 Å². The number of anilines is 3. The maximum Gasteiger partial charge on any atom is 0.416 e. The van der Waals surface area contributed by atoms with E-state index < -0.39 is 22.4 Å². The zero-order valence-electron chi connectivity index (χ0n) is 12.9. The summed E-state index contributed by atoms with van der Waals surface area (Å²) in [5.74, 6) is -0.0762. The van der Waals surface area contributed by atoms with E-state index in [0.717, 1.165) is 23.4 Å². The van der Waals surface area contributed by atoms with Gasteiger partial charge in [0.15, 0.2) is 0 Å². The smallest absolute Gasteiger partial charge is 0.350 e. The molecule has 130 valence electrons. The van der Waals surface area contributed by atoms with Gasteiger partial charge in [-0.05, 0) is 35.9 Å². The Balaban J connectivity index is 1.95. The van der Waals surface area contributed by atoms with Crippen LogP contribution in [0, 0.1) is 10.1 Å². The Hall–Kier alpha value is -3.10. The van der Waals surface area contributed by atoms with Gasteiger partial charge in [0.25, 0.3) is 5.69 Å². The highest BCUT2D eigenvalue weighted by atomic mass is 19.4. The number of likely N-dealkylation sites (N-methyl/N-ethyl adjacent to an activating group) is 1. The molecule has 2 aromatic carbocycles. The molecule has 0 saturated carbocycles. The Bertz CT molecular complexity index is 881. The summed E-state index contributed by atoms with van der Waals surface area (Å²) in [5.41, 5.74) is 0.0966. The van der Waals surface area contributed by atoms with Crippen molar-refractivity contribution in [2.45, 2.75) is 12.6 Å². The van der Waals surface area contributed by atoms with E-state index in [2.05, 4.69) is 5.32 Å². The van der Waals surface area contributed by atoms with Gasteiger partial charge in [-0.3, -0.25) is 14.9 Å². The zero-order valence-corrected chi connectivity index (χ0v) is 12.9. The Morgan fingerprint density at radius 1 is 1.20 bits per heavy atom. The molecule has 1 aliphatic heterocycles. The Labute approximate surface area is 140 Å². The molecule has 1 aliphatic rings. The van der Waals surface area contributed by atoms with E-state index in [1.54, 1.807) is 25.2 Å². The van der Waals surface area contributed by atoms with Crippen LogP contribution in [0.1, 0.15) is 11.1 Å². The molecule has 1 amide bonds. The van der Waals surface area contributed by atoms with Crippen LogP contribution in [-0.2, 0) is 17.4 Å². The number of nitrogens with one attached hydrogen (secondary N) is 1. The van der Waals surface area contributed by atoms with Crippen LogP contribution in [0.15, 0.2) is 36.4 Å².